The molecule has 1 aromatic heterocycles. The molecule has 3 rings (SSSR count). The number of halogens is 2. The van der Waals surface area contributed by atoms with Gasteiger partial charge in [-0.15, -0.1) is 0 Å². The third-order valence-electron chi connectivity index (χ3n) is 3.70. The van der Waals surface area contributed by atoms with E-state index in [1.54, 1.807) is 12.1 Å². The summed E-state index contributed by atoms with van der Waals surface area (Å²) in [6.45, 7) is 1.30. The molecule has 7 heteroatoms. The second-order valence-electron chi connectivity index (χ2n) is 5.51. The van der Waals surface area contributed by atoms with Crippen molar-refractivity contribution in [2.75, 3.05) is 13.1 Å². The van der Waals surface area contributed by atoms with E-state index >= 15 is 0 Å². The van der Waals surface area contributed by atoms with E-state index in [0.717, 1.165) is 16.5 Å². The molecule has 1 aromatic carbocycles. The highest BCUT2D eigenvalue weighted by atomic mass is 19.3. The van der Waals surface area contributed by atoms with Crippen LogP contribution in [0.15, 0.2) is 35.1 Å². The minimum Gasteiger partial charge on any atom is -0.331 e. The fraction of sp³-hybridized carbons (Fsp3) is 0.333. The molecular formula is C15H15F2N3O2. The van der Waals surface area contributed by atoms with Crippen molar-refractivity contribution in [1.29, 1.82) is 0 Å². The number of aryl methyl sites for hydroxylation is 1. The van der Waals surface area contributed by atoms with Gasteiger partial charge in [0.2, 0.25) is 0 Å². The first kappa shape index (κ1) is 14.5. The summed E-state index contributed by atoms with van der Waals surface area (Å²) in [5.74, 6) is -3.43. The number of hydrogen-bond donors (Lipinski definition) is 1. The first-order valence-corrected chi connectivity index (χ1v) is 6.92. The number of nitrogens with one attached hydrogen (secondary N) is 1. The molecule has 2 heterocycles. The second-order valence-corrected chi connectivity index (χ2v) is 5.51. The van der Waals surface area contributed by atoms with Crippen LogP contribution < -0.4 is 5.56 Å². The largest absolute Gasteiger partial charge is 0.331 e. The van der Waals surface area contributed by atoms with Crippen LogP contribution in [-0.4, -0.2) is 39.6 Å². The maximum Gasteiger partial charge on any atom is 0.272 e. The molecule has 0 saturated carbocycles. The number of carbonyl (C=O) groups is 1. The van der Waals surface area contributed by atoms with Crippen molar-refractivity contribution >= 4 is 5.91 Å². The zero-order valence-electron chi connectivity index (χ0n) is 12.0. The number of aromatic amines is 1. The molecule has 0 unspecified atom stereocenters. The lowest BCUT2D eigenvalue weighted by atomic mass is 10.2. The number of H-pyrrole nitrogens is 1. The Hall–Kier alpha value is -2.44. The predicted molar refractivity (Wildman–Crippen MR) is 76.6 cm³/mol. The number of benzene rings is 1. The summed E-state index contributed by atoms with van der Waals surface area (Å²) in [5, 5.41) is 2.69. The van der Waals surface area contributed by atoms with Crippen LogP contribution in [0.2, 0.25) is 0 Å². The number of hydrogen-bond acceptors (Lipinski definition) is 2. The molecule has 1 aliphatic heterocycles. The second kappa shape index (κ2) is 5.08. The van der Waals surface area contributed by atoms with E-state index < -0.39 is 23.9 Å². The zero-order valence-corrected chi connectivity index (χ0v) is 12.0. The Labute approximate surface area is 125 Å². The summed E-state index contributed by atoms with van der Waals surface area (Å²) in [6.07, 6.45) is -0.346. The van der Waals surface area contributed by atoms with Gasteiger partial charge in [0.1, 0.15) is 5.69 Å². The Balaban J connectivity index is 1.88. The van der Waals surface area contributed by atoms with Gasteiger partial charge in [-0.25, -0.2) is 13.5 Å². The minimum absolute atomic E-state index is 0.0103. The van der Waals surface area contributed by atoms with E-state index in [9.17, 15) is 18.4 Å². The Morgan fingerprint density at radius 1 is 1.27 bits per heavy atom. The fourth-order valence-corrected chi connectivity index (χ4v) is 2.47. The van der Waals surface area contributed by atoms with E-state index in [2.05, 4.69) is 5.10 Å². The predicted octanol–water partition coefficient (Wildman–Crippen LogP) is 1.96. The molecule has 1 N–H and O–H groups in total. The summed E-state index contributed by atoms with van der Waals surface area (Å²) >= 11 is 0. The van der Waals surface area contributed by atoms with Gasteiger partial charge in [-0.05, 0) is 19.1 Å². The number of rotatable bonds is 2. The molecule has 1 amide bonds. The van der Waals surface area contributed by atoms with Crippen LogP contribution in [0.4, 0.5) is 8.78 Å². The van der Waals surface area contributed by atoms with E-state index in [-0.39, 0.29) is 18.7 Å². The van der Waals surface area contributed by atoms with Crippen LogP contribution >= 0.6 is 0 Å². The third-order valence-corrected chi connectivity index (χ3v) is 3.70. The van der Waals surface area contributed by atoms with Gasteiger partial charge in [0.05, 0.1) is 12.2 Å². The summed E-state index contributed by atoms with van der Waals surface area (Å²) in [4.78, 5) is 25.2. The molecule has 0 bridgehead atoms. The van der Waals surface area contributed by atoms with Crippen LogP contribution in [0.25, 0.3) is 5.69 Å². The van der Waals surface area contributed by atoms with Gasteiger partial charge in [-0.1, -0.05) is 17.7 Å². The van der Waals surface area contributed by atoms with Crippen LogP contribution in [0.1, 0.15) is 22.5 Å². The molecule has 0 radical (unpaired) electrons. The monoisotopic (exact) mass is 307 g/mol. The maximum absolute atomic E-state index is 13.2. The molecule has 1 aliphatic rings. The average molecular weight is 307 g/mol. The van der Waals surface area contributed by atoms with Crippen LogP contribution in [0, 0.1) is 6.92 Å². The van der Waals surface area contributed by atoms with Gasteiger partial charge < -0.3 is 4.90 Å². The van der Waals surface area contributed by atoms with E-state index in [0.29, 0.717) is 5.69 Å². The highest BCUT2D eigenvalue weighted by Gasteiger charge is 2.40. The lowest BCUT2D eigenvalue weighted by Gasteiger charge is -2.14. The molecule has 116 valence electrons. The Bertz CT molecular complexity index is 762. The van der Waals surface area contributed by atoms with E-state index in [4.69, 9.17) is 0 Å². The van der Waals surface area contributed by atoms with Crippen molar-refractivity contribution in [1.82, 2.24) is 14.7 Å². The van der Waals surface area contributed by atoms with Crippen molar-refractivity contribution in [2.45, 2.75) is 19.3 Å². The highest BCUT2D eigenvalue weighted by molar-refractivity contribution is 5.92. The third kappa shape index (κ3) is 2.66. The van der Waals surface area contributed by atoms with Gasteiger partial charge in [-0.3, -0.25) is 14.7 Å². The van der Waals surface area contributed by atoms with Crippen molar-refractivity contribution in [3.8, 4) is 5.69 Å². The SMILES string of the molecule is Cc1ccc(-n2[nH]c(C(=O)N3CCC(F)(F)C3)cc2=O)cc1. The van der Waals surface area contributed by atoms with Crippen LogP contribution in [0.5, 0.6) is 0 Å². The summed E-state index contributed by atoms with van der Waals surface area (Å²) in [7, 11) is 0. The van der Waals surface area contributed by atoms with Crippen LogP contribution in [0.3, 0.4) is 0 Å². The summed E-state index contributed by atoms with van der Waals surface area (Å²) < 4.78 is 27.6. The summed E-state index contributed by atoms with van der Waals surface area (Å²) in [6, 6.07) is 8.30. The first-order chi connectivity index (χ1) is 10.4. The smallest absolute Gasteiger partial charge is 0.272 e. The average Bonchev–Trinajstić information content (AvgIpc) is 3.02. The zero-order chi connectivity index (χ0) is 15.9. The molecule has 5 nitrogen and oxygen atoms in total. The Morgan fingerprint density at radius 3 is 2.55 bits per heavy atom. The number of alkyl halides is 2. The molecule has 1 fully saturated rings. The van der Waals surface area contributed by atoms with Gasteiger partial charge in [0.15, 0.2) is 0 Å². The van der Waals surface area contributed by atoms with Crippen molar-refractivity contribution in [3.05, 3.63) is 51.9 Å². The number of aromatic nitrogens is 2. The number of carbonyl (C=O) groups excluding carboxylic acids is 1. The lowest BCUT2D eigenvalue weighted by molar-refractivity contribution is 0.0119. The Morgan fingerprint density at radius 2 is 1.95 bits per heavy atom. The van der Waals surface area contributed by atoms with Crippen molar-refractivity contribution in [2.24, 2.45) is 0 Å². The van der Waals surface area contributed by atoms with Crippen LogP contribution in [-0.2, 0) is 0 Å². The molecular weight excluding hydrogens is 292 g/mol. The standard InChI is InChI=1S/C15H15F2N3O2/c1-10-2-4-11(5-3-10)20-13(21)8-12(18-20)14(22)19-7-6-15(16,17)9-19/h2-5,8,18H,6-7,9H2,1H3. The molecule has 0 atom stereocenters. The van der Waals surface area contributed by atoms with Gasteiger partial charge in [0, 0.05) is 19.0 Å². The van der Waals surface area contributed by atoms with E-state index in [1.807, 2.05) is 19.1 Å². The van der Waals surface area contributed by atoms with Crippen molar-refractivity contribution < 1.29 is 13.6 Å². The molecule has 2 aromatic rings. The molecule has 0 spiro atoms. The molecule has 22 heavy (non-hydrogen) atoms. The highest BCUT2D eigenvalue weighted by Crippen LogP contribution is 2.27. The first-order valence-electron chi connectivity index (χ1n) is 6.92. The van der Waals surface area contributed by atoms with Crippen molar-refractivity contribution in [3.63, 3.8) is 0 Å². The summed E-state index contributed by atoms with van der Waals surface area (Å²) in [5.41, 5.74) is 1.24. The normalized spacial score (nSPS) is 17.0. The number of amides is 1. The van der Waals surface area contributed by atoms with Gasteiger partial charge in [-0.2, -0.15) is 0 Å². The Kier molecular flexibility index (Phi) is 3.35. The van der Waals surface area contributed by atoms with E-state index in [1.165, 1.54) is 4.68 Å². The lowest BCUT2D eigenvalue weighted by Crippen LogP contribution is -2.31. The topological polar surface area (TPSA) is 58.1 Å². The fourth-order valence-electron chi connectivity index (χ4n) is 2.47. The molecule has 0 aliphatic carbocycles. The maximum atomic E-state index is 13.2. The number of nitrogens with zero attached hydrogens (tertiary/aromatic N) is 2. The van der Waals surface area contributed by atoms with Gasteiger partial charge in [0.25, 0.3) is 17.4 Å². The van der Waals surface area contributed by atoms with Gasteiger partial charge >= 0.3 is 0 Å². The minimum atomic E-state index is -2.85. The quantitative estimate of drug-likeness (QED) is 0.922. The molecule has 1 saturated heterocycles. The number of likely N-dealkylation sites (tertiary alicyclic amines) is 1.